The van der Waals surface area contributed by atoms with Gasteiger partial charge in [-0.25, -0.2) is 4.79 Å². The monoisotopic (exact) mass is 547 g/mol. The molecule has 0 spiro atoms. The molecule has 0 radical (unpaired) electrons. The molecular formula is C21H21N7O5S3. The Labute approximate surface area is 218 Å². The number of hydrogen-bond acceptors (Lipinski definition) is 12. The molecule has 0 aliphatic carbocycles. The molecule has 4 N–H and O–H groups in total. The number of oxime groups is 1. The summed E-state index contributed by atoms with van der Waals surface area (Å²) in [6, 6.07) is 2.80. The quantitative estimate of drug-likeness (QED) is 0.223. The molecule has 0 aromatic carbocycles. The number of thioether (sulfide) groups is 2. The van der Waals surface area contributed by atoms with E-state index in [4.69, 9.17) is 10.6 Å². The number of carbonyl (C=O) groups excluding carboxylic acids is 2. The highest BCUT2D eigenvalue weighted by atomic mass is 32.2. The first kappa shape index (κ1) is 25.7. The van der Waals surface area contributed by atoms with Crippen LogP contribution in [0, 0.1) is 0 Å². The topological polar surface area (TPSA) is 173 Å². The number of nitrogens with two attached hydrogens (primary N) is 1. The number of anilines is 1. The molecule has 36 heavy (non-hydrogen) atoms. The van der Waals surface area contributed by atoms with Crippen molar-refractivity contribution in [3.63, 3.8) is 0 Å². The smallest absolute Gasteiger partial charge is 0.352 e. The maximum absolute atomic E-state index is 12.9. The minimum atomic E-state index is -1.19. The summed E-state index contributed by atoms with van der Waals surface area (Å²) in [7, 11) is 0. The van der Waals surface area contributed by atoms with Crippen LogP contribution in [-0.4, -0.2) is 77.4 Å². The Morgan fingerprint density at radius 3 is 2.97 bits per heavy atom. The van der Waals surface area contributed by atoms with E-state index in [1.807, 2.05) is 23.6 Å². The van der Waals surface area contributed by atoms with Crippen LogP contribution in [-0.2, 0) is 19.2 Å². The van der Waals surface area contributed by atoms with E-state index < -0.39 is 29.2 Å². The van der Waals surface area contributed by atoms with Gasteiger partial charge in [-0.2, -0.15) is 9.36 Å². The largest absolute Gasteiger partial charge is 0.477 e. The van der Waals surface area contributed by atoms with Gasteiger partial charge >= 0.3 is 5.97 Å². The zero-order valence-electron chi connectivity index (χ0n) is 18.9. The third kappa shape index (κ3) is 5.52. The van der Waals surface area contributed by atoms with Crippen LogP contribution >= 0.6 is 35.1 Å². The maximum atomic E-state index is 12.9. The number of β-lactam (4-membered cyclic amide) rings is 1. The SMILES string of the molecule is CCON=C(C(=O)NC1C(=O)N2C(C(=O)O)=C(CS/C=C\c3cccnc3)CS[C@@H]12)c1nsc(N)n1. The molecule has 2 aromatic rings. The van der Waals surface area contributed by atoms with Crippen LogP contribution in [0.15, 0.2) is 46.4 Å². The summed E-state index contributed by atoms with van der Waals surface area (Å²) in [5, 5.41) is 17.7. The molecule has 15 heteroatoms. The van der Waals surface area contributed by atoms with E-state index in [1.165, 1.54) is 28.4 Å². The van der Waals surface area contributed by atoms with Gasteiger partial charge in [0.2, 0.25) is 11.5 Å². The summed E-state index contributed by atoms with van der Waals surface area (Å²) in [5.74, 6) is -1.64. The molecule has 4 heterocycles. The molecule has 12 nitrogen and oxygen atoms in total. The van der Waals surface area contributed by atoms with Crippen molar-refractivity contribution in [2.75, 3.05) is 23.8 Å². The fourth-order valence-corrected chi connectivity index (χ4v) is 6.10. The average Bonchev–Trinajstić information content (AvgIpc) is 3.31. The molecule has 2 aliphatic rings. The second-order valence-electron chi connectivity index (χ2n) is 7.33. The number of carboxylic acid groups (broad SMARTS) is 1. The van der Waals surface area contributed by atoms with Gasteiger partial charge in [-0.05, 0) is 35.6 Å². The number of hydrogen-bond donors (Lipinski definition) is 3. The van der Waals surface area contributed by atoms with Gasteiger partial charge in [-0.1, -0.05) is 11.2 Å². The van der Waals surface area contributed by atoms with Crippen molar-refractivity contribution in [1.29, 1.82) is 0 Å². The minimum absolute atomic E-state index is 0.0202. The second-order valence-corrected chi connectivity index (χ2v) is 10.1. The summed E-state index contributed by atoms with van der Waals surface area (Å²) >= 11 is 3.70. The molecule has 1 fully saturated rings. The van der Waals surface area contributed by atoms with Crippen LogP contribution in [0.3, 0.4) is 0 Å². The molecular weight excluding hydrogens is 526 g/mol. The van der Waals surface area contributed by atoms with Crippen molar-refractivity contribution in [3.8, 4) is 0 Å². The predicted molar refractivity (Wildman–Crippen MR) is 138 cm³/mol. The lowest BCUT2D eigenvalue weighted by atomic mass is 10.0. The van der Waals surface area contributed by atoms with Gasteiger partial charge < -0.3 is 21.0 Å². The summed E-state index contributed by atoms with van der Waals surface area (Å²) < 4.78 is 3.98. The van der Waals surface area contributed by atoms with Crippen LogP contribution in [0.5, 0.6) is 0 Å². The Kier molecular flexibility index (Phi) is 8.22. The van der Waals surface area contributed by atoms with Crippen molar-refractivity contribution in [2.45, 2.75) is 18.3 Å². The number of carbonyl (C=O) groups is 3. The Hall–Kier alpha value is -3.43. The number of aromatic nitrogens is 3. The Bertz CT molecular complexity index is 1250. The van der Waals surface area contributed by atoms with Gasteiger partial charge in [0.25, 0.3) is 11.8 Å². The van der Waals surface area contributed by atoms with Crippen molar-refractivity contribution in [2.24, 2.45) is 5.16 Å². The first-order valence-electron chi connectivity index (χ1n) is 10.6. The van der Waals surface area contributed by atoms with Crippen molar-refractivity contribution >= 4 is 69.8 Å². The van der Waals surface area contributed by atoms with E-state index >= 15 is 0 Å². The lowest BCUT2D eigenvalue weighted by Crippen LogP contribution is -2.71. The molecule has 4 rings (SSSR count). The lowest BCUT2D eigenvalue weighted by molar-refractivity contribution is -0.150. The number of amides is 2. The number of rotatable bonds is 10. The van der Waals surface area contributed by atoms with Crippen LogP contribution in [0.1, 0.15) is 18.3 Å². The minimum Gasteiger partial charge on any atom is -0.477 e. The zero-order chi connectivity index (χ0) is 25.7. The summed E-state index contributed by atoms with van der Waals surface area (Å²) in [6.07, 6.45) is 5.28. The van der Waals surface area contributed by atoms with Crippen LogP contribution in [0.25, 0.3) is 6.08 Å². The third-order valence-electron chi connectivity index (χ3n) is 4.99. The van der Waals surface area contributed by atoms with Crippen LogP contribution in [0.2, 0.25) is 0 Å². The summed E-state index contributed by atoms with van der Waals surface area (Å²) in [4.78, 5) is 52.1. The normalized spacial score (nSPS) is 19.8. The number of nitrogens with one attached hydrogen (secondary N) is 1. The van der Waals surface area contributed by atoms with E-state index in [-0.39, 0.29) is 29.0 Å². The fourth-order valence-electron chi connectivity index (χ4n) is 3.40. The van der Waals surface area contributed by atoms with Gasteiger partial charge in [0, 0.05) is 35.4 Å². The molecule has 1 saturated heterocycles. The molecule has 1 unspecified atom stereocenters. The molecule has 2 atom stereocenters. The number of carboxylic acids is 1. The summed E-state index contributed by atoms with van der Waals surface area (Å²) in [6.45, 7) is 1.90. The first-order chi connectivity index (χ1) is 17.4. The van der Waals surface area contributed by atoms with Gasteiger partial charge in [0.05, 0.1) is 0 Å². The Morgan fingerprint density at radius 1 is 1.47 bits per heavy atom. The molecule has 0 bridgehead atoms. The van der Waals surface area contributed by atoms with Gasteiger partial charge in [-0.3, -0.25) is 19.5 Å². The Balaban J connectivity index is 1.44. The van der Waals surface area contributed by atoms with E-state index in [0.29, 0.717) is 17.1 Å². The molecule has 2 aromatic heterocycles. The lowest BCUT2D eigenvalue weighted by Gasteiger charge is -2.49. The van der Waals surface area contributed by atoms with Crippen molar-refractivity contribution in [3.05, 3.63) is 52.6 Å². The van der Waals surface area contributed by atoms with Crippen molar-refractivity contribution < 1.29 is 24.3 Å². The van der Waals surface area contributed by atoms with Gasteiger partial charge in [-0.15, -0.1) is 23.5 Å². The van der Waals surface area contributed by atoms with Crippen LogP contribution < -0.4 is 11.1 Å². The van der Waals surface area contributed by atoms with E-state index in [9.17, 15) is 19.5 Å². The molecule has 188 valence electrons. The van der Waals surface area contributed by atoms with Crippen LogP contribution in [0.4, 0.5) is 5.13 Å². The highest BCUT2D eigenvalue weighted by Crippen LogP contribution is 2.41. The number of nitrogens with zero attached hydrogens (tertiary/aromatic N) is 5. The molecule has 0 saturated carbocycles. The molecule has 2 aliphatic heterocycles. The highest BCUT2D eigenvalue weighted by Gasteiger charge is 2.54. The Morgan fingerprint density at radius 2 is 2.31 bits per heavy atom. The fraction of sp³-hybridized carbons (Fsp3) is 0.286. The van der Waals surface area contributed by atoms with Crippen molar-refractivity contribution in [1.82, 2.24) is 24.6 Å². The van der Waals surface area contributed by atoms with E-state index in [1.54, 1.807) is 19.3 Å². The predicted octanol–water partition coefficient (Wildman–Crippen LogP) is 1.40. The third-order valence-corrected chi connectivity index (χ3v) is 7.71. The maximum Gasteiger partial charge on any atom is 0.352 e. The van der Waals surface area contributed by atoms with E-state index in [2.05, 4.69) is 24.8 Å². The number of fused-ring (bicyclic) bond motifs is 1. The number of aliphatic carboxylic acids is 1. The van der Waals surface area contributed by atoms with E-state index in [0.717, 1.165) is 17.1 Å². The number of pyridine rings is 1. The number of nitrogen functional groups attached to an aromatic ring is 1. The zero-order valence-corrected chi connectivity index (χ0v) is 21.3. The first-order valence-corrected chi connectivity index (χ1v) is 13.5. The molecule has 2 amide bonds. The van der Waals surface area contributed by atoms with Gasteiger partial charge in [0.1, 0.15) is 23.7 Å². The average molecular weight is 548 g/mol. The highest BCUT2D eigenvalue weighted by molar-refractivity contribution is 8.02. The standard InChI is InChI=1S/C21H21N7O5S3/c1-2-33-26-13(16-25-21(22)36-27-16)17(29)24-14-18(30)28-15(20(31)32)12(10-35-19(14)28)9-34-7-5-11-4-3-6-23-8-11/h3-8,14,19H,2,9-10H2,1H3,(H,24,29)(H,31,32)(H2,22,25,27)/b7-5-,26-13?/t14?,19-/m0/s1. The van der Waals surface area contributed by atoms with Gasteiger partial charge in [0.15, 0.2) is 5.13 Å². The second kappa shape index (κ2) is 11.5. The summed E-state index contributed by atoms with van der Waals surface area (Å²) in [5.41, 5.74) is 6.89.